The van der Waals surface area contributed by atoms with Crippen LogP contribution >= 0.6 is 23.4 Å². The summed E-state index contributed by atoms with van der Waals surface area (Å²) in [5.74, 6) is 0.720. The largest absolute Gasteiger partial charge is 0.368 e. The Bertz CT molecular complexity index is 3180. The summed E-state index contributed by atoms with van der Waals surface area (Å²) in [5, 5.41) is 15.9. The maximum absolute atomic E-state index is 14.3. The first-order valence-corrected chi connectivity index (χ1v) is 30.1. The summed E-state index contributed by atoms with van der Waals surface area (Å²) >= 11 is 8.06. The van der Waals surface area contributed by atoms with E-state index in [4.69, 9.17) is 11.6 Å². The lowest BCUT2D eigenvalue weighted by Gasteiger charge is -2.37. The van der Waals surface area contributed by atoms with Crippen molar-refractivity contribution in [3.63, 3.8) is 0 Å². The van der Waals surface area contributed by atoms with Crippen LogP contribution in [0.25, 0.3) is 22.4 Å². The Morgan fingerprint density at radius 3 is 2.13 bits per heavy atom. The Balaban J connectivity index is 0.922. The van der Waals surface area contributed by atoms with Gasteiger partial charge in [-0.15, -0.1) is 11.8 Å². The van der Waals surface area contributed by atoms with Crippen LogP contribution in [0.4, 0.5) is 22.7 Å². The topological polar surface area (TPSA) is 170 Å². The first-order chi connectivity index (χ1) is 35.8. The molecule has 3 heterocycles. The SMILES string of the molecule is Cc1c(C(=O)NCCN2CCC(S(C)(=O)=O)CC2)c(-c2cccc(N3CCN(c4ccc(NS(=O)(=O)c5ccc(C[C@H](CCN(C)C)CSc6ccccc6)c([N+](=O)[O-])c5)cc4)CC3)c2)c(-c2ccc(Cl)cc2)n1C. The highest BCUT2D eigenvalue weighted by atomic mass is 35.5. The number of hydrogen-bond acceptors (Lipinski definition) is 12. The van der Waals surface area contributed by atoms with Gasteiger partial charge in [0.05, 0.1) is 26.3 Å². The number of piperazine rings is 1. The molecule has 2 fully saturated rings. The number of nitrogens with zero attached hydrogens (tertiary/aromatic N) is 6. The summed E-state index contributed by atoms with van der Waals surface area (Å²) in [7, 11) is -1.26. The van der Waals surface area contributed by atoms with Gasteiger partial charge in [0, 0.05) is 108 Å². The number of sulfone groups is 1. The summed E-state index contributed by atoms with van der Waals surface area (Å²) < 4.78 is 56.3. The van der Waals surface area contributed by atoms with E-state index in [9.17, 15) is 31.7 Å². The van der Waals surface area contributed by atoms with Crippen LogP contribution in [0.15, 0.2) is 131 Å². The highest BCUT2D eigenvalue weighted by Crippen LogP contribution is 2.41. The number of benzene rings is 5. The molecule has 398 valence electrons. The minimum atomic E-state index is -4.16. The Kier molecular flexibility index (Phi) is 18.0. The molecule has 2 aliphatic heterocycles. The van der Waals surface area contributed by atoms with E-state index in [1.165, 1.54) is 18.4 Å². The van der Waals surface area contributed by atoms with Gasteiger partial charge in [-0.3, -0.25) is 19.6 Å². The third-order valence-electron chi connectivity index (χ3n) is 14.4. The molecule has 2 N–H and O–H groups in total. The monoisotopic (exact) mass is 1090 g/mol. The van der Waals surface area contributed by atoms with Crippen molar-refractivity contribution in [2.24, 2.45) is 13.0 Å². The van der Waals surface area contributed by atoms with E-state index in [2.05, 4.69) is 46.3 Å². The van der Waals surface area contributed by atoms with Gasteiger partial charge in [-0.05, 0) is 150 Å². The molecule has 1 atom stereocenters. The van der Waals surface area contributed by atoms with Crippen molar-refractivity contribution in [3.05, 3.63) is 153 Å². The van der Waals surface area contributed by atoms with Crippen LogP contribution in [0.1, 0.15) is 40.9 Å². The number of halogens is 1. The highest BCUT2D eigenvalue weighted by molar-refractivity contribution is 7.99. The minimum Gasteiger partial charge on any atom is -0.368 e. The molecule has 1 aromatic heterocycles. The van der Waals surface area contributed by atoms with E-state index in [-0.39, 0.29) is 27.7 Å². The van der Waals surface area contributed by atoms with Gasteiger partial charge in [0.2, 0.25) is 0 Å². The molecule has 0 spiro atoms. The van der Waals surface area contributed by atoms with E-state index < -0.39 is 24.8 Å². The fourth-order valence-electron chi connectivity index (χ4n) is 10.1. The summed E-state index contributed by atoms with van der Waals surface area (Å²) in [6.07, 6.45) is 3.77. The molecule has 1 amide bonds. The number of nitro groups is 1. The van der Waals surface area contributed by atoms with Crippen molar-refractivity contribution in [2.75, 3.05) is 99.5 Å². The van der Waals surface area contributed by atoms with E-state index >= 15 is 0 Å². The van der Waals surface area contributed by atoms with Gasteiger partial charge in [-0.2, -0.15) is 0 Å². The number of carbonyl (C=O) groups is 1. The number of thioether (sulfide) groups is 1. The molecule has 0 unspecified atom stereocenters. The molecule has 0 bridgehead atoms. The summed E-state index contributed by atoms with van der Waals surface area (Å²) in [6.45, 7) is 7.99. The lowest BCUT2D eigenvalue weighted by atomic mass is 9.95. The molecular formula is C56H67ClN8O7S3. The second kappa shape index (κ2) is 24.4. The maximum Gasteiger partial charge on any atom is 0.273 e. The van der Waals surface area contributed by atoms with Crippen molar-refractivity contribution >= 4 is 71.9 Å². The smallest absolute Gasteiger partial charge is 0.273 e. The number of piperidine rings is 1. The molecule has 0 saturated carbocycles. The van der Waals surface area contributed by atoms with E-state index in [0.29, 0.717) is 93.5 Å². The second-order valence-electron chi connectivity index (χ2n) is 19.9. The molecule has 8 rings (SSSR count). The van der Waals surface area contributed by atoms with Crippen molar-refractivity contribution in [3.8, 4) is 22.4 Å². The van der Waals surface area contributed by atoms with Gasteiger partial charge in [-0.1, -0.05) is 60.1 Å². The minimum absolute atomic E-state index is 0.129. The van der Waals surface area contributed by atoms with Crippen LogP contribution < -0.4 is 19.8 Å². The molecule has 2 aliphatic rings. The van der Waals surface area contributed by atoms with Crippen LogP contribution in [0.2, 0.25) is 5.02 Å². The lowest BCUT2D eigenvalue weighted by molar-refractivity contribution is -0.385. The molecule has 0 radical (unpaired) electrons. The Hall–Kier alpha value is -5.89. The van der Waals surface area contributed by atoms with Crippen molar-refractivity contribution in [1.29, 1.82) is 0 Å². The number of sulfonamides is 1. The number of aromatic nitrogens is 1. The first kappa shape index (κ1) is 55.3. The normalized spacial score (nSPS) is 15.3. The number of nitrogens with one attached hydrogen (secondary N) is 2. The lowest BCUT2D eigenvalue weighted by Crippen LogP contribution is -2.46. The third kappa shape index (κ3) is 13.9. The Morgan fingerprint density at radius 2 is 1.49 bits per heavy atom. The van der Waals surface area contributed by atoms with Gasteiger partial charge in [0.25, 0.3) is 21.6 Å². The number of rotatable bonds is 21. The number of nitro benzene ring substituents is 1. The standard InChI is InChI=1S/C56H67ClN8O7S3/c1-40-53(56(66)58-27-31-62-29-25-50(26-30-62)74(5,69)70)54(55(61(40)4)42-14-17-45(57)18-15-42)44-10-9-11-48(37-44)64-34-32-63(33-35-64)47-21-19-46(20-22-47)59-75(71,72)51-23-16-43(52(38-51)65(67)68)36-41(24-28-60(2)3)39-73-49-12-7-6-8-13-49/h6-23,37-38,41,50,59H,24-36,39H2,1-5H3,(H,58,66)/t41-/m0/s1. The van der Waals surface area contributed by atoms with Crippen molar-refractivity contribution in [2.45, 2.75) is 47.6 Å². The Labute approximate surface area is 451 Å². The van der Waals surface area contributed by atoms with E-state index in [1.807, 2.05) is 107 Å². The van der Waals surface area contributed by atoms with E-state index in [0.717, 1.165) is 63.1 Å². The predicted molar refractivity (Wildman–Crippen MR) is 305 cm³/mol. The molecule has 75 heavy (non-hydrogen) atoms. The average molecular weight is 1100 g/mol. The average Bonchev–Trinajstić information content (AvgIpc) is 3.66. The molecule has 0 aliphatic carbocycles. The molecule has 19 heteroatoms. The maximum atomic E-state index is 14.3. The fourth-order valence-corrected chi connectivity index (χ4v) is 13.4. The molecule has 5 aromatic carbocycles. The van der Waals surface area contributed by atoms with Gasteiger partial charge < -0.3 is 29.5 Å². The molecule has 15 nitrogen and oxygen atoms in total. The van der Waals surface area contributed by atoms with Crippen molar-refractivity contribution in [1.82, 2.24) is 19.7 Å². The van der Waals surface area contributed by atoms with E-state index in [1.54, 1.807) is 30.0 Å². The second-order valence-corrected chi connectivity index (χ2v) is 25.4. The molecular weight excluding hydrogens is 1030 g/mol. The fraction of sp³-hybridized carbons (Fsp3) is 0.375. The van der Waals surface area contributed by atoms with Gasteiger partial charge in [-0.25, -0.2) is 16.8 Å². The molecule has 2 saturated heterocycles. The number of amides is 1. The zero-order valence-corrected chi connectivity index (χ0v) is 46.5. The molecule has 6 aromatic rings. The summed E-state index contributed by atoms with van der Waals surface area (Å²) in [4.78, 5) is 36.0. The summed E-state index contributed by atoms with van der Waals surface area (Å²) in [6, 6.07) is 37.4. The van der Waals surface area contributed by atoms with Gasteiger partial charge in [0.15, 0.2) is 0 Å². The number of anilines is 3. The van der Waals surface area contributed by atoms with Crippen LogP contribution in [0.3, 0.4) is 0 Å². The number of hydrogen-bond donors (Lipinski definition) is 2. The van der Waals surface area contributed by atoms with Crippen molar-refractivity contribution < 1.29 is 26.6 Å². The Morgan fingerprint density at radius 1 is 0.827 bits per heavy atom. The number of likely N-dealkylation sites (tertiary alicyclic amines) is 1. The van der Waals surface area contributed by atoms with Crippen LogP contribution in [-0.2, 0) is 33.3 Å². The zero-order valence-electron chi connectivity index (χ0n) is 43.2. The van der Waals surface area contributed by atoms with Gasteiger partial charge >= 0.3 is 0 Å². The zero-order chi connectivity index (χ0) is 53.4. The van der Waals surface area contributed by atoms with Crippen LogP contribution in [-0.4, -0.2) is 132 Å². The van der Waals surface area contributed by atoms with Crippen LogP contribution in [0, 0.1) is 23.0 Å². The highest BCUT2D eigenvalue weighted by Gasteiger charge is 2.30. The first-order valence-electron chi connectivity index (χ1n) is 25.3. The predicted octanol–water partition coefficient (Wildman–Crippen LogP) is 9.50. The van der Waals surface area contributed by atoms with Gasteiger partial charge in [0.1, 0.15) is 9.84 Å². The number of carbonyl (C=O) groups excluding carboxylic acids is 1. The quantitative estimate of drug-likeness (QED) is 0.0398. The van der Waals surface area contributed by atoms with Crippen LogP contribution in [0.5, 0.6) is 0 Å². The third-order valence-corrected chi connectivity index (χ3v) is 19.0. The summed E-state index contributed by atoms with van der Waals surface area (Å²) in [5.41, 5.74) is 7.55.